The lowest BCUT2D eigenvalue weighted by Gasteiger charge is -2.12. The quantitative estimate of drug-likeness (QED) is 0.476. The minimum absolute atomic E-state index is 0.0260. The minimum Gasteiger partial charge on any atom is -0.385 e. The van der Waals surface area contributed by atoms with Crippen LogP contribution in [0, 0.1) is 0 Å². The minimum atomic E-state index is -0.117. The van der Waals surface area contributed by atoms with Gasteiger partial charge in [-0.3, -0.25) is 4.79 Å². The first-order chi connectivity index (χ1) is 10.3. The van der Waals surface area contributed by atoms with Gasteiger partial charge in [-0.25, -0.2) is 0 Å². The zero-order valence-corrected chi connectivity index (χ0v) is 13.2. The Morgan fingerprint density at radius 3 is 3.10 bits per heavy atom. The van der Waals surface area contributed by atoms with Crippen LogP contribution in [0.4, 0.5) is 0 Å². The van der Waals surface area contributed by atoms with Gasteiger partial charge in [0, 0.05) is 6.54 Å². The van der Waals surface area contributed by atoms with Crippen LogP contribution in [0.5, 0.6) is 0 Å². The van der Waals surface area contributed by atoms with Crippen LogP contribution in [0.3, 0.4) is 0 Å². The number of nitrogens with one attached hydrogen (secondary N) is 1. The van der Waals surface area contributed by atoms with E-state index in [-0.39, 0.29) is 12.5 Å². The molecular weight excluding hydrogens is 284 g/mol. The summed E-state index contributed by atoms with van der Waals surface area (Å²) in [6, 6.07) is 3.94. The molecule has 0 saturated carbocycles. The average Bonchev–Trinajstić information content (AvgIpc) is 3.02. The Morgan fingerprint density at radius 1 is 1.48 bits per heavy atom. The number of amides is 1. The number of nitrogens with zero attached hydrogens (tertiary/aromatic N) is 1. The van der Waals surface area contributed by atoms with E-state index < -0.39 is 0 Å². The Hall–Kier alpha value is -1.62. The zero-order valence-electron chi connectivity index (χ0n) is 12.4. The molecule has 1 aromatic heterocycles. The van der Waals surface area contributed by atoms with E-state index in [1.807, 2.05) is 24.4 Å². The molecule has 0 aliphatic heterocycles. The van der Waals surface area contributed by atoms with E-state index in [1.54, 1.807) is 11.3 Å². The highest BCUT2D eigenvalue weighted by Crippen LogP contribution is 2.19. The third kappa shape index (κ3) is 5.71. The van der Waals surface area contributed by atoms with Gasteiger partial charge in [0.05, 0.1) is 10.6 Å². The van der Waals surface area contributed by atoms with Crippen LogP contribution in [-0.4, -0.2) is 24.8 Å². The SMILES string of the molecule is CC(=NOCC(=O)NCCC1=CCCCC1)c1cccs1. The summed E-state index contributed by atoms with van der Waals surface area (Å²) in [5.41, 5.74) is 2.26. The number of carbonyl (C=O) groups excluding carboxylic acids is 1. The van der Waals surface area contributed by atoms with Crippen LogP contribution in [-0.2, 0) is 9.63 Å². The highest BCUT2D eigenvalue weighted by atomic mass is 32.1. The maximum Gasteiger partial charge on any atom is 0.260 e. The number of rotatable bonds is 7. The van der Waals surface area contributed by atoms with Crippen molar-refractivity contribution in [2.45, 2.75) is 39.0 Å². The second-order valence-corrected chi connectivity index (χ2v) is 6.08. The smallest absolute Gasteiger partial charge is 0.260 e. The van der Waals surface area contributed by atoms with E-state index in [4.69, 9.17) is 4.84 Å². The molecule has 1 aliphatic carbocycles. The largest absolute Gasteiger partial charge is 0.385 e. The molecule has 5 heteroatoms. The Balaban J connectivity index is 1.61. The molecule has 0 bridgehead atoms. The third-order valence-electron chi connectivity index (χ3n) is 3.43. The summed E-state index contributed by atoms with van der Waals surface area (Å²) in [5, 5.41) is 8.81. The lowest BCUT2D eigenvalue weighted by molar-refractivity contribution is -0.125. The second-order valence-electron chi connectivity index (χ2n) is 5.14. The molecule has 0 atom stereocenters. The van der Waals surface area contributed by atoms with Crippen molar-refractivity contribution >= 4 is 23.0 Å². The van der Waals surface area contributed by atoms with E-state index >= 15 is 0 Å². The molecule has 0 fully saturated rings. The number of oxime groups is 1. The predicted octanol–water partition coefficient (Wildman–Crippen LogP) is 3.50. The maximum atomic E-state index is 11.6. The summed E-state index contributed by atoms with van der Waals surface area (Å²) in [6.45, 7) is 2.53. The summed E-state index contributed by atoms with van der Waals surface area (Å²) in [5.74, 6) is -0.117. The summed E-state index contributed by atoms with van der Waals surface area (Å²) in [7, 11) is 0. The average molecular weight is 306 g/mol. The van der Waals surface area contributed by atoms with Gasteiger partial charge in [0.25, 0.3) is 5.91 Å². The van der Waals surface area contributed by atoms with Crippen molar-refractivity contribution < 1.29 is 9.63 Å². The van der Waals surface area contributed by atoms with Gasteiger partial charge < -0.3 is 10.2 Å². The van der Waals surface area contributed by atoms with Crippen LogP contribution >= 0.6 is 11.3 Å². The number of hydrogen-bond donors (Lipinski definition) is 1. The summed E-state index contributed by atoms with van der Waals surface area (Å²) in [6.07, 6.45) is 8.19. The van der Waals surface area contributed by atoms with Crippen molar-refractivity contribution in [3.8, 4) is 0 Å². The lowest BCUT2D eigenvalue weighted by atomic mass is 9.97. The fourth-order valence-corrected chi connectivity index (χ4v) is 2.93. The van der Waals surface area contributed by atoms with E-state index in [0.717, 1.165) is 17.0 Å². The summed E-state index contributed by atoms with van der Waals surface area (Å²) >= 11 is 1.60. The first-order valence-electron chi connectivity index (χ1n) is 7.41. The van der Waals surface area contributed by atoms with Crippen LogP contribution in [0.15, 0.2) is 34.3 Å². The zero-order chi connectivity index (χ0) is 14.9. The van der Waals surface area contributed by atoms with Crippen molar-refractivity contribution in [3.05, 3.63) is 34.0 Å². The van der Waals surface area contributed by atoms with E-state index in [1.165, 1.54) is 31.3 Å². The Kier molecular flexibility index (Phi) is 6.47. The van der Waals surface area contributed by atoms with E-state index in [2.05, 4.69) is 16.5 Å². The number of thiophene rings is 1. The van der Waals surface area contributed by atoms with Gasteiger partial charge in [-0.15, -0.1) is 11.3 Å². The molecule has 21 heavy (non-hydrogen) atoms. The van der Waals surface area contributed by atoms with Gasteiger partial charge in [-0.05, 0) is 50.5 Å². The van der Waals surface area contributed by atoms with Gasteiger partial charge in [0.15, 0.2) is 6.61 Å². The van der Waals surface area contributed by atoms with Gasteiger partial charge >= 0.3 is 0 Å². The molecule has 0 aromatic carbocycles. The van der Waals surface area contributed by atoms with Gasteiger partial charge in [0.1, 0.15) is 0 Å². The Bertz CT molecular complexity index is 506. The summed E-state index contributed by atoms with van der Waals surface area (Å²) in [4.78, 5) is 17.8. The molecule has 0 unspecified atom stereocenters. The maximum absolute atomic E-state index is 11.6. The molecule has 1 N–H and O–H groups in total. The van der Waals surface area contributed by atoms with Crippen molar-refractivity contribution in [1.29, 1.82) is 0 Å². The van der Waals surface area contributed by atoms with Crippen LogP contribution in [0.25, 0.3) is 0 Å². The monoisotopic (exact) mass is 306 g/mol. The lowest BCUT2D eigenvalue weighted by Crippen LogP contribution is -2.28. The molecular formula is C16H22N2O2S. The van der Waals surface area contributed by atoms with Crippen LogP contribution in [0.1, 0.15) is 43.9 Å². The molecule has 0 saturated heterocycles. The van der Waals surface area contributed by atoms with Crippen molar-refractivity contribution in [1.82, 2.24) is 5.32 Å². The van der Waals surface area contributed by atoms with Crippen molar-refractivity contribution in [2.75, 3.05) is 13.2 Å². The Morgan fingerprint density at radius 2 is 2.38 bits per heavy atom. The normalized spacial score (nSPS) is 15.5. The standard InChI is InChI=1S/C16H22N2O2S/c1-13(15-8-5-11-21-15)18-20-12-16(19)17-10-9-14-6-3-2-4-7-14/h5-6,8,11H,2-4,7,9-10,12H2,1H3,(H,17,19). The third-order valence-corrected chi connectivity index (χ3v) is 4.41. The first kappa shape index (κ1) is 15.8. The molecule has 0 spiro atoms. The molecule has 1 heterocycles. The topological polar surface area (TPSA) is 50.7 Å². The van der Waals surface area contributed by atoms with Crippen LogP contribution in [0.2, 0.25) is 0 Å². The van der Waals surface area contributed by atoms with Crippen molar-refractivity contribution in [3.63, 3.8) is 0 Å². The molecule has 0 radical (unpaired) electrons. The number of carbonyl (C=O) groups is 1. The summed E-state index contributed by atoms with van der Waals surface area (Å²) < 4.78 is 0. The first-order valence-corrected chi connectivity index (χ1v) is 8.28. The van der Waals surface area contributed by atoms with Gasteiger partial charge in [-0.1, -0.05) is 22.9 Å². The van der Waals surface area contributed by atoms with Gasteiger partial charge in [0.2, 0.25) is 0 Å². The molecule has 1 aliphatic rings. The molecule has 1 aromatic rings. The predicted molar refractivity (Wildman–Crippen MR) is 86.7 cm³/mol. The van der Waals surface area contributed by atoms with E-state index in [0.29, 0.717) is 6.54 Å². The van der Waals surface area contributed by atoms with Crippen molar-refractivity contribution in [2.24, 2.45) is 5.16 Å². The molecule has 1 amide bonds. The molecule has 114 valence electrons. The highest BCUT2D eigenvalue weighted by Gasteiger charge is 2.05. The number of hydrogen-bond acceptors (Lipinski definition) is 4. The highest BCUT2D eigenvalue weighted by molar-refractivity contribution is 7.12. The number of allylic oxidation sites excluding steroid dienone is 1. The van der Waals surface area contributed by atoms with Crippen LogP contribution < -0.4 is 5.32 Å². The Labute approximate surface area is 129 Å². The second kappa shape index (κ2) is 8.62. The fraction of sp³-hybridized carbons (Fsp3) is 0.500. The molecule has 2 rings (SSSR count). The fourth-order valence-electron chi connectivity index (χ4n) is 2.26. The molecule has 4 nitrogen and oxygen atoms in total. The van der Waals surface area contributed by atoms with Gasteiger partial charge in [-0.2, -0.15) is 0 Å². The van der Waals surface area contributed by atoms with E-state index in [9.17, 15) is 4.79 Å².